The lowest BCUT2D eigenvalue weighted by Gasteiger charge is -2.26. The smallest absolute Gasteiger partial charge is 0.317 e. The number of amides is 1. The molecule has 0 radical (unpaired) electrons. The highest BCUT2D eigenvalue weighted by Crippen LogP contribution is 2.18. The largest absolute Gasteiger partial charge is 0.480 e. The second-order valence-corrected chi connectivity index (χ2v) is 7.54. The summed E-state index contributed by atoms with van der Waals surface area (Å²) < 4.78 is 22.9. The lowest BCUT2D eigenvalue weighted by Crippen LogP contribution is -2.40. The van der Waals surface area contributed by atoms with E-state index in [4.69, 9.17) is 5.11 Å². The third kappa shape index (κ3) is 5.46. The van der Waals surface area contributed by atoms with E-state index < -0.39 is 15.8 Å². The van der Waals surface area contributed by atoms with Gasteiger partial charge in [-0.15, -0.1) is 0 Å². The molecule has 0 aromatic heterocycles. The van der Waals surface area contributed by atoms with E-state index in [1.807, 2.05) is 0 Å². The maximum absolute atomic E-state index is 11.5. The van der Waals surface area contributed by atoms with Crippen molar-refractivity contribution in [2.75, 3.05) is 38.7 Å². The number of rotatable bonds is 7. The zero-order valence-electron chi connectivity index (χ0n) is 11.9. The van der Waals surface area contributed by atoms with Gasteiger partial charge in [-0.2, -0.15) is 0 Å². The summed E-state index contributed by atoms with van der Waals surface area (Å²) in [4.78, 5) is 25.5. The summed E-state index contributed by atoms with van der Waals surface area (Å²) in [6.07, 6.45) is 1.33. The van der Waals surface area contributed by atoms with Crippen molar-refractivity contribution < 1.29 is 23.1 Å². The molecule has 1 rings (SSSR count). The van der Waals surface area contributed by atoms with Crippen LogP contribution in [0.2, 0.25) is 0 Å². The van der Waals surface area contributed by atoms with Gasteiger partial charge in [0.2, 0.25) is 5.91 Å². The van der Waals surface area contributed by atoms with Gasteiger partial charge in [-0.05, 0) is 19.4 Å². The standard InChI is InChI=1S/C12H22N2O5S/c1-13(2)11(15)4-3-6-14(8-12(16)17)10-5-7-20(18,19)9-10/h10H,3-9H2,1-2H3,(H,16,17). The summed E-state index contributed by atoms with van der Waals surface area (Å²) in [6.45, 7) is 0.239. The van der Waals surface area contributed by atoms with Gasteiger partial charge >= 0.3 is 5.97 Å². The van der Waals surface area contributed by atoms with E-state index in [0.717, 1.165) is 0 Å². The first-order chi connectivity index (χ1) is 9.21. The number of carboxylic acid groups (broad SMARTS) is 1. The minimum Gasteiger partial charge on any atom is -0.480 e. The van der Waals surface area contributed by atoms with Gasteiger partial charge in [0.15, 0.2) is 9.84 Å². The summed E-state index contributed by atoms with van der Waals surface area (Å²) in [7, 11) is 0.294. The molecule has 1 aliphatic rings. The van der Waals surface area contributed by atoms with Crippen LogP contribution < -0.4 is 0 Å². The quantitative estimate of drug-likeness (QED) is 0.677. The Hall–Kier alpha value is -1.15. The zero-order chi connectivity index (χ0) is 15.3. The minimum absolute atomic E-state index is 0.0145. The van der Waals surface area contributed by atoms with Gasteiger partial charge in [0.1, 0.15) is 0 Å². The third-order valence-electron chi connectivity index (χ3n) is 3.40. The molecule has 1 aliphatic heterocycles. The molecule has 1 amide bonds. The second kappa shape index (κ2) is 7.03. The van der Waals surface area contributed by atoms with Crippen LogP contribution in [0, 0.1) is 0 Å². The molecule has 20 heavy (non-hydrogen) atoms. The molecule has 1 heterocycles. The van der Waals surface area contributed by atoms with Crippen molar-refractivity contribution in [3.8, 4) is 0 Å². The lowest BCUT2D eigenvalue weighted by atomic mass is 10.2. The van der Waals surface area contributed by atoms with E-state index in [-0.39, 0.29) is 30.0 Å². The van der Waals surface area contributed by atoms with Crippen LogP contribution in [0.25, 0.3) is 0 Å². The maximum Gasteiger partial charge on any atom is 0.317 e. The normalized spacial score (nSPS) is 21.1. The SMILES string of the molecule is CN(C)C(=O)CCCN(CC(=O)O)C1CCS(=O)(=O)C1. The van der Waals surface area contributed by atoms with Crippen molar-refractivity contribution in [3.63, 3.8) is 0 Å². The Kier molecular flexibility index (Phi) is 5.94. The molecule has 0 aliphatic carbocycles. The Labute approximate surface area is 119 Å². The maximum atomic E-state index is 11.5. The molecule has 0 spiro atoms. The van der Waals surface area contributed by atoms with Gasteiger partial charge in [-0.3, -0.25) is 14.5 Å². The van der Waals surface area contributed by atoms with Crippen LogP contribution in [-0.4, -0.2) is 79.9 Å². The van der Waals surface area contributed by atoms with Crippen LogP contribution in [0.15, 0.2) is 0 Å². The molecule has 1 N–H and O–H groups in total. The molecule has 7 nitrogen and oxygen atoms in total. The van der Waals surface area contributed by atoms with Gasteiger partial charge in [-0.25, -0.2) is 8.42 Å². The molecule has 8 heteroatoms. The molecule has 1 saturated heterocycles. The summed E-state index contributed by atoms with van der Waals surface area (Å²) in [5, 5.41) is 8.90. The fourth-order valence-corrected chi connectivity index (χ4v) is 4.05. The number of carbonyl (C=O) groups is 2. The van der Waals surface area contributed by atoms with E-state index in [1.54, 1.807) is 19.0 Å². The van der Waals surface area contributed by atoms with Crippen LogP contribution >= 0.6 is 0 Å². The average molecular weight is 306 g/mol. The summed E-state index contributed by atoms with van der Waals surface area (Å²) in [5.41, 5.74) is 0. The predicted octanol–water partition coefficient (Wildman–Crippen LogP) is -0.571. The molecule has 1 atom stereocenters. The van der Waals surface area contributed by atoms with Crippen LogP contribution in [-0.2, 0) is 19.4 Å². The van der Waals surface area contributed by atoms with Crippen molar-refractivity contribution >= 4 is 21.7 Å². The van der Waals surface area contributed by atoms with Crippen molar-refractivity contribution in [2.45, 2.75) is 25.3 Å². The number of nitrogens with zero attached hydrogens (tertiary/aromatic N) is 2. The number of carboxylic acids is 1. The monoisotopic (exact) mass is 306 g/mol. The Bertz CT molecular complexity index is 460. The minimum atomic E-state index is -3.04. The van der Waals surface area contributed by atoms with Gasteiger partial charge in [0, 0.05) is 26.6 Å². The Balaban J connectivity index is 2.53. The van der Waals surface area contributed by atoms with Crippen molar-refractivity contribution in [3.05, 3.63) is 0 Å². The summed E-state index contributed by atoms with van der Waals surface area (Å²) in [5.74, 6) is -0.862. The van der Waals surface area contributed by atoms with Gasteiger partial charge < -0.3 is 10.0 Å². The highest BCUT2D eigenvalue weighted by molar-refractivity contribution is 7.91. The fourth-order valence-electron chi connectivity index (χ4n) is 2.28. The molecule has 1 unspecified atom stereocenters. The number of hydrogen-bond acceptors (Lipinski definition) is 5. The topological polar surface area (TPSA) is 95.0 Å². The molecule has 1 fully saturated rings. The van der Waals surface area contributed by atoms with Crippen molar-refractivity contribution in [1.82, 2.24) is 9.80 Å². The molecule has 0 aromatic rings. The van der Waals surface area contributed by atoms with Crippen LogP contribution in [0.3, 0.4) is 0 Å². The Morgan fingerprint density at radius 1 is 1.30 bits per heavy atom. The van der Waals surface area contributed by atoms with E-state index in [9.17, 15) is 18.0 Å². The Morgan fingerprint density at radius 2 is 1.95 bits per heavy atom. The van der Waals surface area contributed by atoms with E-state index in [1.165, 1.54) is 4.90 Å². The number of aliphatic carboxylic acids is 1. The van der Waals surface area contributed by atoms with Crippen LogP contribution in [0.5, 0.6) is 0 Å². The summed E-state index contributed by atoms with van der Waals surface area (Å²) >= 11 is 0. The first-order valence-corrected chi connectivity index (χ1v) is 8.40. The molecular formula is C12H22N2O5S. The van der Waals surface area contributed by atoms with Crippen molar-refractivity contribution in [2.24, 2.45) is 0 Å². The number of hydrogen-bond donors (Lipinski definition) is 1. The van der Waals surface area contributed by atoms with Gasteiger partial charge in [-0.1, -0.05) is 0 Å². The highest BCUT2D eigenvalue weighted by atomic mass is 32.2. The number of carbonyl (C=O) groups excluding carboxylic acids is 1. The van der Waals surface area contributed by atoms with Crippen molar-refractivity contribution in [1.29, 1.82) is 0 Å². The predicted molar refractivity (Wildman–Crippen MR) is 74.2 cm³/mol. The summed E-state index contributed by atoms with van der Waals surface area (Å²) in [6, 6.07) is -0.245. The van der Waals surface area contributed by atoms with E-state index in [2.05, 4.69) is 0 Å². The number of sulfone groups is 1. The molecule has 116 valence electrons. The molecule has 0 saturated carbocycles. The van der Waals surface area contributed by atoms with E-state index in [0.29, 0.717) is 25.8 Å². The molecule has 0 bridgehead atoms. The molecule has 0 aromatic carbocycles. The average Bonchev–Trinajstić information content (AvgIpc) is 2.67. The highest BCUT2D eigenvalue weighted by Gasteiger charge is 2.32. The first-order valence-electron chi connectivity index (χ1n) is 6.57. The van der Waals surface area contributed by atoms with Gasteiger partial charge in [0.05, 0.1) is 18.1 Å². The first kappa shape index (κ1) is 16.9. The van der Waals surface area contributed by atoms with E-state index >= 15 is 0 Å². The van der Waals surface area contributed by atoms with Crippen LogP contribution in [0.4, 0.5) is 0 Å². The molecular weight excluding hydrogens is 284 g/mol. The fraction of sp³-hybridized carbons (Fsp3) is 0.833. The van der Waals surface area contributed by atoms with Gasteiger partial charge in [0.25, 0.3) is 0 Å². The third-order valence-corrected chi connectivity index (χ3v) is 5.15. The van der Waals surface area contributed by atoms with Crippen LogP contribution in [0.1, 0.15) is 19.3 Å². The Morgan fingerprint density at radius 3 is 2.40 bits per heavy atom. The lowest BCUT2D eigenvalue weighted by molar-refractivity contribution is -0.138. The zero-order valence-corrected chi connectivity index (χ0v) is 12.7. The second-order valence-electron chi connectivity index (χ2n) is 5.31.